The number of aromatic nitrogens is 2. The molecule has 0 radical (unpaired) electrons. The van der Waals surface area contributed by atoms with E-state index in [1.807, 2.05) is 35.7 Å². The first-order chi connectivity index (χ1) is 17.5. The Morgan fingerprint density at radius 1 is 1.14 bits per heavy atom. The molecule has 2 aromatic carbocycles. The SMILES string of the molecule is COc1ccc(-c2cn(-c3ccc(F)cc3)c(NC(=O)CN(CC3CC3)C(=O)c3cccs3)n2)cc1. The van der Waals surface area contributed by atoms with Gasteiger partial charge in [0.1, 0.15) is 18.1 Å². The van der Waals surface area contributed by atoms with Gasteiger partial charge in [-0.1, -0.05) is 6.07 Å². The van der Waals surface area contributed by atoms with E-state index in [0.29, 0.717) is 28.7 Å². The summed E-state index contributed by atoms with van der Waals surface area (Å²) in [6.45, 7) is 0.467. The fourth-order valence-corrected chi connectivity index (χ4v) is 4.58. The van der Waals surface area contributed by atoms with Gasteiger partial charge < -0.3 is 9.64 Å². The van der Waals surface area contributed by atoms with Crippen molar-refractivity contribution in [3.05, 3.63) is 82.9 Å². The number of ether oxygens (including phenoxy) is 1. The van der Waals surface area contributed by atoms with Crippen molar-refractivity contribution in [2.75, 3.05) is 25.5 Å². The summed E-state index contributed by atoms with van der Waals surface area (Å²) in [6.07, 6.45) is 3.91. The van der Waals surface area contributed by atoms with Crippen molar-refractivity contribution < 1.29 is 18.7 Å². The number of halogens is 1. The third kappa shape index (κ3) is 5.46. The van der Waals surface area contributed by atoms with E-state index in [4.69, 9.17) is 4.74 Å². The van der Waals surface area contributed by atoms with E-state index in [2.05, 4.69) is 10.3 Å². The number of amides is 2. The van der Waals surface area contributed by atoms with E-state index in [1.165, 1.54) is 23.5 Å². The van der Waals surface area contributed by atoms with Crippen molar-refractivity contribution in [2.24, 2.45) is 5.92 Å². The highest BCUT2D eigenvalue weighted by Crippen LogP contribution is 2.31. The minimum absolute atomic E-state index is 0.0820. The molecule has 2 heterocycles. The average molecular weight is 505 g/mol. The van der Waals surface area contributed by atoms with E-state index in [-0.39, 0.29) is 30.1 Å². The number of anilines is 1. The summed E-state index contributed by atoms with van der Waals surface area (Å²) in [4.78, 5) is 33.0. The standard InChI is InChI=1S/C27H25FN4O3S/c1-35-22-12-6-19(7-13-22)23-16-32(21-10-8-20(28)9-11-21)27(29-23)30-25(33)17-31(15-18-4-5-18)26(34)24-3-2-14-36-24/h2-3,6-14,16,18H,4-5,15,17H2,1H3,(H,29,30,33). The Morgan fingerprint density at radius 3 is 2.53 bits per heavy atom. The van der Waals surface area contributed by atoms with Crippen LogP contribution in [0.4, 0.5) is 10.3 Å². The van der Waals surface area contributed by atoms with Crippen LogP contribution in [0, 0.1) is 11.7 Å². The van der Waals surface area contributed by atoms with Gasteiger partial charge in [-0.25, -0.2) is 9.37 Å². The van der Waals surface area contributed by atoms with Crippen molar-refractivity contribution in [1.29, 1.82) is 0 Å². The smallest absolute Gasteiger partial charge is 0.264 e. The number of nitrogens with one attached hydrogen (secondary N) is 1. The number of nitrogens with zero attached hydrogens (tertiary/aromatic N) is 3. The zero-order valence-electron chi connectivity index (χ0n) is 19.7. The van der Waals surface area contributed by atoms with Crippen molar-refractivity contribution in [1.82, 2.24) is 14.5 Å². The Balaban J connectivity index is 1.41. The first-order valence-electron chi connectivity index (χ1n) is 11.6. The average Bonchev–Trinajstić information content (AvgIpc) is 3.36. The Kier molecular flexibility index (Phi) is 6.81. The second kappa shape index (κ2) is 10.3. The maximum atomic E-state index is 13.6. The predicted molar refractivity (Wildman–Crippen MR) is 137 cm³/mol. The Bertz CT molecular complexity index is 1350. The lowest BCUT2D eigenvalue weighted by Crippen LogP contribution is -2.39. The monoisotopic (exact) mass is 504 g/mol. The molecule has 0 atom stereocenters. The first-order valence-corrected chi connectivity index (χ1v) is 12.5. The molecule has 5 rings (SSSR count). The van der Waals surface area contributed by atoms with Crippen LogP contribution in [-0.2, 0) is 4.79 Å². The molecule has 4 aromatic rings. The summed E-state index contributed by atoms with van der Waals surface area (Å²) in [5, 5.41) is 4.71. The molecule has 2 amide bonds. The molecule has 0 saturated heterocycles. The molecule has 1 fully saturated rings. The van der Waals surface area contributed by atoms with E-state index in [0.717, 1.165) is 24.2 Å². The third-order valence-corrected chi connectivity index (χ3v) is 6.83. The zero-order valence-corrected chi connectivity index (χ0v) is 20.5. The van der Waals surface area contributed by atoms with Crippen LogP contribution in [0.5, 0.6) is 5.75 Å². The second-order valence-electron chi connectivity index (χ2n) is 8.68. The third-order valence-electron chi connectivity index (χ3n) is 5.98. The Morgan fingerprint density at radius 2 is 1.89 bits per heavy atom. The molecule has 0 bridgehead atoms. The van der Waals surface area contributed by atoms with E-state index in [9.17, 15) is 14.0 Å². The van der Waals surface area contributed by atoms with Crippen LogP contribution in [0.2, 0.25) is 0 Å². The number of hydrogen-bond acceptors (Lipinski definition) is 5. The van der Waals surface area contributed by atoms with Gasteiger partial charge in [-0.05, 0) is 78.7 Å². The van der Waals surface area contributed by atoms with Gasteiger partial charge in [0.15, 0.2) is 0 Å². The lowest BCUT2D eigenvalue weighted by molar-refractivity contribution is -0.117. The highest BCUT2D eigenvalue weighted by Gasteiger charge is 2.29. The second-order valence-corrected chi connectivity index (χ2v) is 9.63. The topological polar surface area (TPSA) is 76.5 Å². The summed E-state index contributed by atoms with van der Waals surface area (Å²) in [7, 11) is 1.60. The van der Waals surface area contributed by atoms with Gasteiger partial charge in [-0.15, -0.1) is 11.3 Å². The van der Waals surface area contributed by atoms with Crippen LogP contribution in [-0.4, -0.2) is 46.5 Å². The molecule has 184 valence electrons. The van der Waals surface area contributed by atoms with Crippen LogP contribution in [0.1, 0.15) is 22.5 Å². The highest BCUT2D eigenvalue weighted by atomic mass is 32.1. The minimum atomic E-state index is -0.359. The molecule has 1 N–H and O–H groups in total. The number of benzene rings is 2. The van der Waals surface area contributed by atoms with Gasteiger partial charge >= 0.3 is 0 Å². The van der Waals surface area contributed by atoms with Crippen LogP contribution in [0.3, 0.4) is 0 Å². The number of hydrogen-bond donors (Lipinski definition) is 1. The van der Waals surface area contributed by atoms with Gasteiger partial charge in [0, 0.05) is 24.0 Å². The predicted octanol–water partition coefficient (Wildman–Crippen LogP) is 5.24. The van der Waals surface area contributed by atoms with Crippen molar-refractivity contribution in [2.45, 2.75) is 12.8 Å². The maximum Gasteiger partial charge on any atom is 0.264 e. The summed E-state index contributed by atoms with van der Waals surface area (Å²) in [5.74, 6) is 0.583. The molecule has 9 heteroatoms. The van der Waals surface area contributed by atoms with Gasteiger partial charge in [0.25, 0.3) is 5.91 Å². The fourth-order valence-electron chi connectivity index (χ4n) is 3.89. The molecule has 2 aromatic heterocycles. The highest BCUT2D eigenvalue weighted by molar-refractivity contribution is 7.12. The first kappa shape index (κ1) is 23.7. The van der Waals surface area contributed by atoms with Gasteiger partial charge in [0.05, 0.1) is 17.7 Å². The number of methoxy groups -OCH3 is 1. The van der Waals surface area contributed by atoms with Crippen molar-refractivity contribution in [3.63, 3.8) is 0 Å². The molecule has 0 spiro atoms. The Hall–Kier alpha value is -3.98. The number of thiophene rings is 1. The molecule has 1 aliphatic carbocycles. The van der Waals surface area contributed by atoms with E-state index < -0.39 is 0 Å². The molecule has 36 heavy (non-hydrogen) atoms. The summed E-state index contributed by atoms with van der Waals surface area (Å²) >= 11 is 1.36. The van der Waals surface area contributed by atoms with Gasteiger partial charge in [-0.2, -0.15) is 0 Å². The lowest BCUT2D eigenvalue weighted by Gasteiger charge is -2.21. The van der Waals surface area contributed by atoms with Crippen LogP contribution < -0.4 is 10.1 Å². The molecule has 0 aliphatic heterocycles. The van der Waals surface area contributed by atoms with Crippen molar-refractivity contribution in [3.8, 4) is 22.7 Å². The van der Waals surface area contributed by atoms with E-state index >= 15 is 0 Å². The van der Waals surface area contributed by atoms with Crippen LogP contribution in [0.15, 0.2) is 72.2 Å². The van der Waals surface area contributed by atoms with Gasteiger partial charge in [0.2, 0.25) is 11.9 Å². The lowest BCUT2D eigenvalue weighted by atomic mass is 10.1. The number of imidazole rings is 1. The van der Waals surface area contributed by atoms with Crippen LogP contribution in [0.25, 0.3) is 16.9 Å². The largest absolute Gasteiger partial charge is 0.497 e. The normalized spacial score (nSPS) is 12.8. The quantitative estimate of drug-likeness (QED) is 0.338. The van der Waals surface area contributed by atoms with Crippen LogP contribution >= 0.6 is 11.3 Å². The zero-order chi connectivity index (χ0) is 25.1. The maximum absolute atomic E-state index is 13.6. The number of carbonyl (C=O) groups excluding carboxylic acids is 2. The minimum Gasteiger partial charge on any atom is -0.497 e. The number of carbonyl (C=O) groups is 2. The summed E-state index contributed by atoms with van der Waals surface area (Å²) < 4.78 is 20.5. The molecule has 7 nitrogen and oxygen atoms in total. The fraction of sp³-hybridized carbons (Fsp3) is 0.222. The molecular formula is C27H25FN4O3S. The summed E-state index contributed by atoms with van der Waals surface area (Å²) in [6, 6.07) is 16.9. The Labute approximate surface area is 212 Å². The molecule has 1 aliphatic rings. The number of rotatable bonds is 9. The molecule has 0 unspecified atom stereocenters. The molecular weight excluding hydrogens is 479 g/mol. The summed E-state index contributed by atoms with van der Waals surface area (Å²) in [5.41, 5.74) is 2.10. The van der Waals surface area contributed by atoms with Crippen molar-refractivity contribution >= 4 is 29.1 Å². The van der Waals surface area contributed by atoms with E-state index in [1.54, 1.807) is 41.0 Å². The molecule has 1 saturated carbocycles. The van der Waals surface area contributed by atoms with Gasteiger partial charge in [-0.3, -0.25) is 19.5 Å².